The van der Waals surface area contributed by atoms with Gasteiger partial charge in [0.05, 0.1) is 23.8 Å². The van der Waals surface area contributed by atoms with Crippen molar-refractivity contribution >= 4 is 16.8 Å². The van der Waals surface area contributed by atoms with Gasteiger partial charge in [0.15, 0.2) is 0 Å². The molecule has 1 aromatic carbocycles. The summed E-state index contributed by atoms with van der Waals surface area (Å²) in [6.45, 7) is 2.68. The molecule has 7 heteroatoms. The monoisotopic (exact) mass is 318 g/mol. The van der Waals surface area contributed by atoms with E-state index >= 15 is 0 Å². The highest BCUT2D eigenvalue weighted by Gasteiger charge is 2.08. The second-order valence-corrected chi connectivity index (χ2v) is 5.34. The fourth-order valence-corrected chi connectivity index (χ4v) is 2.17. The van der Waals surface area contributed by atoms with Crippen molar-refractivity contribution in [3.05, 3.63) is 40.9 Å². The van der Waals surface area contributed by atoms with E-state index in [0.29, 0.717) is 24.1 Å². The van der Waals surface area contributed by atoms with Gasteiger partial charge < -0.3 is 15.0 Å². The summed E-state index contributed by atoms with van der Waals surface area (Å²) in [4.78, 5) is 30.5. The predicted molar refractivity (Wildman–Crippen MR) is 88.4 cm³/mol. The van der Waals surface area contributed by atoms with Crippen molar-refractivity contribution in [2.75, 3.05) is 40.4 Å². The normalized spacial score (nSPS) is 11.1. The average molecular weight is 318 g/mol. The summed E-state index contributed by atoms with van der Waals surface area (Å²) in [5.41, 5.74) is 0.428. The first-order valence-electron chi connectivity index (χ1n) is 7.50. The lowest BCUT2D eigenvalue weighted by molar-refractivity contribution is -0.121. The van der Waals surface area contributed by atoms with Crippen LogP contribution in [-0.4, -0.2) is 60.8 Å². The number of carbonyl (C=O) groups excluding carboxylic acids is 1. The smallest absolute Gasteiger partial charge is 0.261 e. The van der Waals surface area contributed by atoms with Crippen molar-refractivity contribution in [2.24, 2.45) is 0 Å². The zero-order valence-corrected chi connectivity index (χ0v) is 13.5. The van der Waals surface area contributed by atoms with Gasteiger partial charge in [-0.25, -0.2) is 4.98 Å². The molecule has 124 valence electrons. The summed E-state index contributed by atoms with van der Waals surface area (Å²) >= 11 is 0. The number of fused-ring (bicyclic) bond motifs is 1. The fraction of sp³-hybridized carbons (Fsp3) is 0.438. The van der Waals surface area contributed by atoms with E-state index in [1.165, 1.54) is 10.9 Å². The lowest BCUT2D eigenvalue weighted by Gasteiger charge is -2.16. The van der Waals surface area contributed by atoms with Crippen LogP contribution >= 0.6 is 0 Å². The molecular weight excluding hydrogens is 296 g/mol. The summed E-state index contributed by atoms with van der Waals surface area (Å²) in [5.74, 6) is -0.204. The van der Waals surface area contributed by atoms with Crippen LogP contribution in [0.1, 0.15) is 0 Å². The molecule has 0 aliphatic heterocycles. The van der Waals surface area contributed by atoms with Crippen LogP contribution in [0.15, 0.2) is 35.4 Å². The minimum absolute atomic E-state index is 0.0293. The summed E-state index contributed by atoms with van der Waals surface area (Å²) < 4.78 is 6.32. The van der Waals surface area contributed by atoms with Crippen molar-refractivity contribution in [1.82, 2.24) is 19.8 Å². The zero-order valence-electron chi connectivity index (χ0n) is 13.5. The van der Waals surface area contributed by atoms with Crippen LogP contribution in [0.4, 0.5) is 0 Å². The standard InChI is InChI=1S/C16H22N4O3/c1-19(9-10-23-2)8-7-17-15(21)11-20-12-18-14-6-4-3-5-13(14)16(20)22/h3-6,12H,7-11H2,1-2H3,(H,17,21). The Balaban J connectivity index is 1.88. The van der Waals surface area contributed by atoms with Crippen LogP contribution in [0.25, 0.3) is 10.9 Å². The highest BCUT2D eigenvalue weighted by Crippen LogP contribution is 2.04. The number of hydrogen-bond acceptors (Lipinski definition) is 5. The maximum atomic E-state index is 12.3. The third kappa shape index (κ3) is 4.87. The number of nitrogens with zero attached hydrogens (tertiary/aromatic N) is 3. The van der Waals surface area contributed by atoms with Crippen LogP contribution < -0.4 is 10.9 Å². The first kappa shape index (κ1) is 17.1. The van der Waals surface area contributed by atoms with Crippen molar-refractivity contribution in [3.8, 4) is 0 Å². The van der Waals surface area contributed by atoms with Crippen molar-refractivity contribution in [1.29, 1.82) is 0 Å². The van der Waals surface area contributed by atoms with Gasteiger partial charge in [-0.1, -0.05) is 12.1 Å². The van der Waals surface area contributed by atoms with E-state index < -0.39 is 0 Å². The maximum Gasteiger partial charge on any atom is 0.261 e. The van der Waals surface area contributed by atoms with E-state index in [2.05, 4.69) is 15.2 Å². The Kier molecular flexibility index (Phi) is 6.25. The fourth-order valence-electron chi connectivity index (χ4n) is 2.17. The molecule has 0 aliphatic rings. The molecule has 0 bridgehead atoms. The molecule has 1 aromatic heterocycles. The quantitative estimate of drug-likeness (QED) is 0.746. The van der Waals surface area contributed by atoms with Crippen LogP contribution in [0.2, 0.25) is 0 Å². The van der Waals surface area contributed by atoms with Gasteiger partial charge in [-0.15, -0.1) is 0 Å². The summed E-state index contributed by atoms with van der Waals surface area (Å²) in [7, 11) is 3.62. The summed E-state index contributed by atoms with van der Waals surface area (Å²) in [6.07, 6.45) is 1.41. The molecule has 0 spiro atoms. The van der Waals surface area contributed by atoms with Crippen molar-refractivity contribution in [2.45, 2.75) is 6.54 Å². The highest BCUT2D eigenvalue weighted by molar-refractivity contribution is 5.78. The van der Waals surface area contributed by atoms with Gasteiger partial charge >= 0.3 is 0 Å². The number of rotatable bonds is 8. The maximum absolute atomic E-state index is 12.3. The number of ether oxygens (including phenoxy) is 1. The van der Waals surface area contributed by atoms with Gasteiger partial charge in [0.25, 0.3) is 5.56 Å². The molecule has 1 amide bonds. The van der Waals surface area contributed by atoms with E-state index in [1.54, 1.807) is 25.3 Å². The highest BCUT2D eigenvalue weighted by atomic mass is 16.5. The van der Waals surface area contributed by atoms with Crippen LogP contribution in [-0.2, 0) is 16.1 Å². The summed E-state index contributed by atoms with van der Waals surface area (Å²) in [5, 5.41) is 3.32. The SMILES string of the molecule is COCCN(C)CCNC(=O)Cn1cnc2ccccc2c1=O. The molecule has 2 aromatic rings. The number of nitrogens with one attached hydrogen (secondary N) is 1. The molecule has 0 aliphatic carbocycles. The van der Waals surface area contributed by atoms with Gasteiger partial charge in [0.1, 0.15) is 6.54 Å². The molecule has 0 fully saturated rings. The van der Waals surface area contributed by atoms with E-state index in [-0.39, 0.29) is 18.0 Å². The van der Waals surface area contributed by atoms with Gasteiger partial charge in [-0.05, 0) is 19.2 Å². The van der Waals surface area contributed by atoms with Gasteiger partial charge in [0, 0.05) is 26.7 Å². The van der Waals surface area contributed by atoms with E-state index in [0.717, 1.165) is 13.1 Å². The molecule has 0 saturated carbocycles. The average Bonchev–Trinajstić information content (AvgIpc) is 2.56. The molecule has 2 rings (SSSR count). The number of amides is 1. The Hall–Kier alpha value is -2.25. The van der Waals surface area contributed by atoms with E-state index in [1.807, 2.05) is 13.1 Å². The number of methoxy groups -OCH3 is 1. The first-order chi connectivity index (χ1) is 11.1. The number of aromatic nitrogens is 2. The number of hydrogen-bond donors (Lipinski definition) is 1. The Morgan fingerprint density at radius 3 is 2.91 bits per heavy atom. The predicted octanol–water partition coefficient (Wildman–Crippen LogP) is 0.0909. The van der Waals surface area contributed by atoms with Crippen LogP contribution in [0.5, 0.6) is 0 Å². The third-order valence-electron chi connectivity index (χ3n) is 3.54. The zero-order chi connectivity index (χ0) is 16.7. The number of likely N-dealkylation sites (N-methyl/N-ethyl adjacent to an activating group) is 1. The topological polar surface area (TPSA) is 76.5 Å². The number of carbonyl (C=O) groups is 1. The Morgan fingerprint density at radius 2 is 2.13 bits per heavy atom. The lowest BCUT2D eigenvalue weighted by Crippen LogP contribution is -2.37. The molecule has 0 unspecified atom stereocenters. The number of benzene rings is 1. The molecule has 0 radical (unpaired) electrons. The van der Waals surface area contributed by atoms with Gasteiger partial charge in [0.2, 0.25) is 5.91 Å². The van der Waals surface area contributed by atoms with E-state index in [4.69, 9.17) is 4.74 Å². The van der Waals surface area contributed by atoms with Gasteiger partial charge in [-0.2, -0.15) is 0 Å². The third-order valence-corrected chi connectivity index (χ3v) is 3.54. The largest absolute Gasteiger partial charge is 0.383 e. The van der Waals surface area contributed by atoms with Crippen molar-refractivity contribution in [3.63, 3.8) is 0 Å². The Labute approximate surface area is 134 Å². The molecular formula is C16H22N4O3. The first-order valence-corrected chi connectivity index (χ1v) is 7.50. The Morgan fingerprint density at radius 1 is 1.35 bits per heavy atom. The lowest BCUT2D eigenvalue weighted by atomic mass is 10.2. The minimum atomic E-state index is -0.206. The second-order valence-electron chi connectivity index (χ2n) is 5.34. The van der Waals surface area contributed by atoms with E-state index in [9.17, 15) is 9.59 Å². The van der Waals surface area contributed by atoms with Crippen molar-refractivity contribution < 1.29 is 9.53 Å². The molecule has 1 heterocycles. The Bertz CT molecular complexity index is 714. The second kappa shape index (κ2) is 8.40. The minimum Gasteiger partial charge on any atom is -0.383 e. The van der Waals surface area contributed by atoms with Crippen LogP contribution in [0.3, 0.4) is 0 Å². The van der Waals surface area contributed by atoms with Gasteiger partial charge in [-0.3, -0.25) is 14.2 Å². The van der Waals surface area contributed by atoms with Crippen LogP contribution in [0, 0.1) is 0 Å². The molecule has 0 saturated heterocycles. The molecule has 1 N–H and O–H groups in total. The summed E-state index contributed by atoms with van der Waals surface area (Å²) in [6, 6.07) is 7.10. The molecule has 0 atom stereocenters. The molecule has 23 heavy (non-hydrogen) atoms. The molecule has 7 nitrogen and oxygen atoms in total. The number of para-hydroxylation sites is 1.